The van der Waals surface area contributed by atoms with Crippen molar-refractivity contribution in [1.29, 1.82) is 0 Å². The van der Waals surface area contributed by atoms with E-state index in [1.54, 1.807) is 0 Å². The normalized spacial score (nSPS) is 15.5. The van der Waals surface area contributed by atoms with Gasteiger partial charge in [0, 0.05) is 22.3 Å². The molecule has 0 fully saturated rings. The fourth-order valence-corrected chi connectivity index (χ4v) is 8.29. The third-order valence-electron chi connectivity index (χ3n) is 10.4. The van der Waals surface area contributed by atoms with E-state index in [1.165, 1.54) is 11.1 Å². The number of imidazole rings is 1. The van der Waals surface area contributed by atoms with Crippen LogP contribution in [0.3, 0.4) is 0 Å². The molecule has 2 aliphatic rings. The second-order valence-corrected chi connectivity index (χ2v) is 13.1. The molecule has 1 spiro atoms. The molecule has 6 aromatic carbocycles. The van der Waals surface area contributed by atoms with Gasteiger partial charge in [-0.25, -0.2) is 19.9 Å². The summed E-state index contributed by atoms with van der Waals surface area (Å²) < 4.78 is 2.34. The van der Waals surface area contributed by atoms with Gasteiger partial charge in [0.05, 0.1) is 16.7 Å². The zero-order chi connectivity index (χ0) is 34.8. The minimum Gasteiger partial charge on any atom is -0.295 e. The molecule has 8 aromatic rings. The Morgan fingerprint density at radius 2 is 1.08 bits per heavy atom. The predicted octanol–water partition coefficient (Wildman–Crippen LogP) is 10.7. The molecule has 10 rings (SSSR count). The van der Waals surface area contributed by atoms with Crippen molar-refractivity contribution in [2.75, 3.05) is 0 Å². The molecular formula is C47H31N5. The fourth-order valence-electron chi connectivity index (χ4n) is 8.29. The van der Waals surface area contributed by atoms with Gasteiger partial charge in [-0.1, -0.05) is 153 Å². The SMILES string of the molecule is C=CC1=C(C=C)C2(c3ccccc31)c1c(-c3cccc(-c4nc(-c5ccccc5)nc(-c5ccccc5)n4)c3)cccc1-n1c2nc2ccccc21. The number of hydrogen-bond acceptors (Lipinski definition) is 4. The van der Waals surface area contributed by atoms with Gasteiger partial charge in [-0.15, -0.1) is 0 Å². The van der Waals surface area contributed by atoms with Crippen LogP contribution in [0.4, 0.5) is 0 Å². The van der Waals surface area contributed by atoms with Crippen LogP contribution >= 0.6 is 0 Å². The van der Waals surface area contributed by atoms with E-state index in [2.05, 4.69) is 109 Å². The first-order valence-electron chi connectivity index (χ1n) is 17.4. The molecule has 1 atom stereocenters. The van der Waals surface area contributed by atoms with Crippen molar-refractivity contribution in [2.45, 2.75) is 5.41 Å². The molecule has 1 unspecified atom stereocenters. The van der Waals surface area contributed by atoms with Crippen LogP contribution in [-0.4, -0.2) is 24.5 Å². The zero-order valence-corrected chi connectivity index (χ0v) is 28.2. The number of rotatable bonds is 6. The van der Waals surface area contributed by atoms with Crippen LogP contribution in [0, 0.1) is 0 Å². The Kier molecular flexibility index (Phi) is 6.63. The van der Waals surface area contributed by atoms with Crippen molar-refractivity contribution in [1.82, 2.24) is 24.5 Å². The monoisotopic (exact) mass is 665 g/mol. The van der Waals surface area contributed by atoms with Gasteiger partial charge < -0.3 is 0 Å². The largest absolute Gasteiger partial charge is 0.295 e. The predicted molar refractivity (Wildman–Crippen MR) is 210 cm³/mol. The van der Waals surface area contributed by atoms with Gasteiger partial charge >= 0.3 is 0 Å². The molecule has 0 N–H and O–H groups in total. The van der Waals surface area contributed by atoms with E-state index in [-0.39, 0.29) is 0 Å². The Morgan fingerprint density at radius 1 is 0.500 bits per heavy atom. The minimum atomic E-state index is -0.711. The standard InChI is InChI=1S/C47H31N5/c1-3-34-36-23-11-12-25-38(36)47(37(34)4-2)42-35(24-16-28-41(42)52-40-27-14-13-26-39(40)48-46(47)52)32-21-15-22-33(29-32)45-50-43(30-17-7-5-8-18-30)49-44(51-45)31-19-9-6-10-20-31/h3-29H,1-2H2. The highest BCUT2D eigenvalue weighted by Gasteiger charge is 2.55. The maximum Gasteiger partial charge on any atom is 0.164 e. The van der Waals surface area contributed by atoms with Crippen molar-refractivity contribution in [3.63, 3.8) is 0 Å². The highest BCUT2D eigenvalue weighted by molar-refractivity contribution is 5.97. The number of benzene rings is 6. The van der Waals surface area contributed by atoms with Gasteiger partial charge in [-0.2, -0.15) is 0 Å². The summed E-state index contributed by atoms with van der Waals surface area (Å²) in [6.07, 6.45) is 3.97. The second-order valence-electron chi connectivity index (χ2n) is 13.1. The molecular weight excluding hydrogens is 635 g/mol. The summed E-state index contributed by atoms with van der Waals surface area (Å²) in [6, 6.07) is 52.3. The Hall–Kier alpha value is -6.98. The van der Waals surface area contributed by atoms with Crippen molar-refractivity contribution in [3.05, 3.63) is 205 Å². The maximum absolute atomic E-state index is 5.41. The lowest BCUT2D eigenvalue weighted by Crippen LogP contribution is -2.28. The van der Waals surface area contributed by atoms with Crippen LogP contribution < -0.4 is 0 Å². The first kappa shape index (κ1) is 29.9. The third-order valence-corrected chi connectivity index (χ3v) is 10.4. The maximum atomic E-state index is 5.41. The van der Waals surface area contributed by atoms with Gasteiger partial charge in [0.1, 0.15) is 11.2 Å². The van der Waals surface area contributed by atoms with Gasteiger partial charge in [0.15, 0.2) is 17.5 Å². The lowest BCUT2D eigenvalue weighted by atomic mass is 9.69. The molecule has 3 heterocycles. The van der Waals surface area contributed by atoms with Crippen LogP contribution in [0.1, 0.15) is 22.5 Å². The van der Waals surface area contributed by atoms with Crippen molar-refractivity contribution in [2.24, 2.45) is 0 Å². The van der Waals surface area contributed by atoms with E-state index in [4.69, 9.17) is 19.9 Å². The van der Waals surface area contributed by atoms with Crippen LogP contribution in [0.5, 0.6) is 0 Å². The molecule has 1 aliphatic carbocycles. The van der Waals surface area contributed by atoms with Crippen LogP contribution in [-0.2, 0) is 5.41 Å². The third kappa shape index (κ3) is 4.17. The van der Waals surface area contributed by atoms with E-state index in [0.717, 1.165) is 67.1 Å². The Balaban J connectivity index is 1.24. The smallest absolute Gasteiger partial charge is 0.164 e. The summed E-state index contributed by atoms with van der Waals surface area (Å²) in [5, 5.41) is 0. The molecule has 0 saturated heterocycles. The number of para-hydroxylation sites is 2. The van der Waals surface area contributed by atoms with Gasteiger partial charge in [-0.05, 0) is 57.7 Å². The first-order valence-corrected chi connectivity index (χ1v) is 17.4. The summed E-state index contributed by atoms with van der Waals surface area (Å²) in [5.41, 5.74) is 13.0. The van der Waals surface area contributed by atoms with E-state index in [9.17, 15) is 0 Å². The molecule has 0 bridgehead atoms. The second kappa shape index (κ2) is 11.5. The number of aromatic nitrogens is 5. The summed E-state index contributed by atoms with van der Waals surface area (Å²) in [4.78, 5) is 20.4. The quantitative estimate of drug-likeness (QED) is 0.177. The van der Waals surface area contributed by atoms with Crippen LogP contribution in [0.2, 0.25) is 0 Å². The van der Waals surface area contributed by atoms with E-state index >= 15 is 0 Å². The lowest BCUT2D eigenvalue weighted by molar-refractivity contribution is 0.733. The molecule has 5 heteroatoms. The molecule has 0 radical (unpaired) electrons. The molecule has 5 nitrogen and oxygen atoms in total. The fraction of sp³-hybridized carbons (Fsp3) is 0.0213. The molecule has 1 aliphatic heterocycles. The highest BCUT2D eigenvalue weighted by atomic mass is 15.1. The molecule has 0 saturated carbocycles. The molecule has 244 valence electrons. The van der Waals surface area contributed by atoms with E-state index < -0.39 is 5.41 Å². The lowest BCUT2D eigenvalue weighted by Gasteiger charge is -2.30. The van der Waals surface area contributed by atoms with E-state index in [1.807, 2.05) is 72.8 Å². The van der Waals surface area contributed by atoms with Gasteiger partial charge in [-0.3, -0.25) is 4.57 Å². The Bertz CT molecular complexity index is 2720. The van der Waals surface area contributed by atoms with Gasteiger partial charge in [0.2, 0.25) is 0 Å². The zero-order valence-electron chi connectivity index (χ0n) is 28.2. The van der Waals surface area contributed by atoms with Crippen molar-refractivity contribution >= 4 is 16.6 Å². The minimum absolute atomic E-state index is 0.614. The van der Waals surface area contributed by atoms with Gasteiger partial charge in [0.25, 0.3) is 0 Å². The van der Waals surface area contributed by atoms with Crippen LogP contribution in [0.25, 0.3) is 67.6 Å². The summed E-state index contributed by atoms with van der Waals surface area (Å²) >= 11 is 0. The molecule has 52 heavy (non-hydrogen) atoms. The molecule has 2 aromatic heterocycles. The summed E-state index contributed by atoms with van der Waals surface area (Å²) in [6.45, 7) is 8.68. The number of hydrogen-bond donors (Lipinski definition) is 0. The summed E-state index contributed by atoms with van der Waals surface area (Å²) in [5.74, 6) is 2.84. The van der Waals surface area contributed by atoms with E-state index in [0.29, 0.717) is 17.5 Å². The molecule has 0 amide bonds. The van der Waals surface area contributed by atoms with Crippen molar-refractivity contribution in [3.8, 4) is 51.0 Å². The summed E-state index contributed by atoms with van der Waals surface area (Å²) in [7, 11) is 0. The number of nitrogens with zero attached hydrogens (tertiary/aromatic N) is 5. The number of fused-ring (bicyclic) bond motifs is 9. The van der Waals surface area contributed by atoms with Crippen molar-refractivity contribution < 1.29 is 0 Å². The average Bonchev–Trinajstić information content (AvgIpc) is 3.84. The van der Waals surface area contributed by atoms with Crippen LogP contribution in [0.15, 0.2) is 183 Å². The average molecular weight is 666 g/mol. The first-order chi connectivity index (χ1) is 25.7. The Labute approximate surface area is 301 Å². The Morgan fingerprint density at radius 3 is 1.79 bits per heavy atom. The topological polar surface area (TPSA) is 56.5 Å². The number of allylic oxidation sites excluding steroid dienone is 4. The highest BCUT2D eigenvalue weighted by Crippen LogP contribution is 2.61.